The Morgan fingerprint density at radius 3 is 2.84 bits per heavy atom. The Morgan fingerprint density at radius 1 is 1.26 bits per heavy atom. The molecule has 3 aromatic heterocycles. The van der Waals surface area contributed by atoms with Gasteiger partial charge in [-0.05, 0) is 38.5 Å². The Balaban J connectivity index is 1.85. The molecule has 0 atom stereocenters. The van der Waals surface area contributed by atoms with Gasteiger partial charge in [-0.1, -0.05) is 0 Å². The van der Waals surface area contributed by atoms with Crippen LogP contribution in [0.5, 0.6) is 0 Å². The summed E-state index contributed by atoms with van der Waals surface area (Å²) < 4.78 is 1.86. The average Bonchev–Trinajstić information content (AvgIpc) is 2.89. The zero-order valence-electron chi connectivity index (χ0n) is 11.3. The number of anilines is 1. The third-order valence-electron chi connectivity index (χ3n) is 3.16. The van der Waals surface area contributed by atoms with E-state index in [-0.39, 0.29) is 0 Å². The van der Waals surface area contributed by atoms with Crippen LogP contribution < -0.4 is 5.32 Å². The summed E-state index contributed by atoms with van der Waals surface area (Å²) in [6.45, 7) is 7.09. The predicted molar refractivity (Wildman–Crippen MR) is 78.8 cm³/mol. The molecule has 3 rings (SSSR count). The lowest BCUT2D eigenvalue weighted by atomic mass is 10.3. The van der Waals surface area contributed by atoms with Gasteiger partial charge in [0.2, 0.25) is 0 Å². The summed E-state index contributed by atoms with van der Waals surface area (Å²) in [7, 11) is 0. The van der Waals surface area contributed by atoms with Gasteiger partial charge in [0, 0.05) is 22.1 Å². The molecule has 0 unspecified atom stereocenters. The number of nitrogens with zero attached hydrogens (tertiary/aromatic N) is 3. The van der Waals surface area contributed by atoms with Crippen molar-refractivity contribution in [2.45, 2.75) is 27.3 Å². The van der Waals surface area contributed by atoms with Crippen LogP contribution in [0.25, 0.3) is 5.52 Å². The summed E-state index contributed by atoms with van der Waals surface area (Å²) >= 11 is 1.83. The topological polar surface area (TPSA) is 42.2 Å². The zero-order chi connectivity index (χ0) is 13.4. The summed E-state index contributed by atoms with van der Waals surface area (Å²) in [5, 5.41) is 7.78. The molecule has 0 fully saturated rings. The van der Waals surface area contributed by atoms with Crippen molar-refractivity contribution in [2.75, 3.05) is 5.32 Å². The highest BCUT2D eigenvalue weighted by Gasteiger charge is 2.06. The van der Waals surface area contributed by atoms with Gasteiger partial charge in [-0.15, -0.1) is 11.3 Å². The fraction of sp³-hybridized carbons (Fsp3) is 0.286. The molecule has 0 aliphatic rings. The Morgan fingerprint density at radius 2 is 2.11 bits per heavy atom. The summed E-state index contributed by atoms with van der Waals surface area (Å²) in [6.07, 6.45) is 3.64. The minimum atomic E-state index is 0.802. The van der Waals surface area contributed by atoms with E-state index in [0.29, 0.717) is 0 Å². The molecule has 0 saturated carbocycles. The Hall–Kier alpha value is -1.88. The van der Waals surface area contributed by atoms with Gasteiger partial charge in [0.25, 0.3) is 0 Å². The fourth-order valence-corrected chi connectivity index (χ4v) is 3.08. The van der Waals surface area contributed by atoms with E-state index in [9.17, 15) is 0 Å². The number of nitrogens with one attached hydrogen (secondary N) is 1. The van der Waals surface area contributed by atoms with Crippen LogP contribution in [0.15, 0.2) is 24.5 Å². The summed E-state index contributed by atoms with van der Waals surface area (Å²) in [5.74, 6) is 0.881. The first-order valence-electron chi connectivity index (χ1n) is 6.24. The van der Waals surface area contributed by atoms with Crippen molar-refractivity contribution < 1.29 is 0 Å². The molecule has 0 bridgehead atoms. The van der Waals surface area contributed by atoms with Gasteiger partial charge in [-0.2, -0.15) is 5.10 Å². The molecule has 0 saturated heterocycles. The molecule has 0 aromatic carbocycles. The Labute approximate surface area is 116 Å². The van der Waals surface area contributed by atoms with Crippen molar-refractivity contribution in [1.82, 2.24) is 14.6 Å². The van der Waals surface area contributed by atoms with Crippen LogP contribution in [0.4, 0.5) is 5.82 Å². The normalized spacial score (nSPS) is 11.1. The molecule has 5 heteroatoms. The van der Waals surface area contributed by atoms with Gasteiger partial charge >= 0.3 is 0 Å². The number of aromatic nitrogens is 3. The maximum Gasteiger partial charge on any atom is 0.152 e. The second-order valence-corrected chi connectivity index (χ2v) is 6.04. The van der Waals surface area contributed by atoms with Crippen LogP contribution in [0.3, 0.4) is 0 Å². The molecule has 0 spiro atoms. The van der Waals surface area contributed by atoms with Crippen LogP contribution >= 0.6 is 11.3 Å². The van der Waals surface area contributed by atoms with E-state index >= 15 is 0 Å². The highest BCUT2D eigenvalue weighted by atomic mass is 32.1. The number of hydrogen-bond donors (Lipinski definition) is 1. The third-order valence-corrected chi connectivity index (χ3v) is 4.31. The van der Waals surface area contributed by atoms with Gasteiger partial charge in [0.1, 0.15) is 5.52 Å². The maximum atomic E-state index is 4.40. The number of fused-ring (bicyclic) bond motifs is 1. The first kappa shape index (κ1) is 12.2. The summed E-state index contributed by atoms with van der Waals surface area (Å²) in [5.41, 5.74) is 3.37. The highest BCUT2D eigenvalue weighted by Crippen LogP contribution is 2.22. The molecule has 3 heterocycles. The van der Waals surface area contributed by atoms with E-state index in [2.05, 4.69) is 35.3 Å². The first-order chi connectivity index (χ1) is 9.13. The molecule has 3 aromatic rings. The third kappa shape index (κ3) is 2.33. The molecule has 0 aliphatic carbocycles. The van der Waals surface area contributed by atoms with E-state index in [0.717, 1.165) is 23.6 Å². The van der Waals surface area contributed by atoms with E-state index in [1.165, 1.54) is 15.3 Å². The van der Waals surface area contributed by atoms with Crippen molar-refractivity contribution in [3.63, 3.8) is 0 Å². The summed E-state index contributed by atoms with van der Waals surface area (Å²) in [4.78, 5) is 7.10. The lowest BCUT2D eigenvalue weighted by molar-refractivity contribution is 0.920. The van der Waals surface area contributed by atoms with Gasteiger partial charge in [-0.3, -0.25) is 0 Å². The minimum Gasteiger partial charge on any atom is -0.363 e. The Kier molecular flexibility index (Phi) is 2.98. The largest absolute Gasteiger partial charge is 0.363 e. The zero-order valence-corrected chi connectivity index (χ0v) is 12.1. The molecule has 1 N–H and O–H groups in total. The molecule has 4 nitrogen and oxygen atoms in total. The fourth-order valence-electron chi connectivity index (χ4n) is 2.09. The second-order valence-electron chi connectivity index (χ2n) is 4.70. The molecular formula is C14H16N4S. The quantitative estimate of drug-likeness (QED) is 0.795. The van der Waals surface area contributed by atoms with Crippen molar-refractivity contribution in [3.8, 4) is 0 Å². The molecular weight excluding hydrogens is 256 g/mol. The lowest BCUT2D eigenvalue weighted by Gasteiger charge is -2.05. The SMILES string of the molecule is Cc1cc2c(NCc3cc(C)c(C)s3)nccn2n1. The number of thiophene rings is 1. The van der Waals surface area contributed by atoms with Gasteiger partial charge < -0.3 is 5.32 Å². The van der Waals surface area contributed by atoms with E-state index in [1.807, 2.05) is 35.0 Å². The van der Waals surface area contributed by atoms with Crippen LogP contribution in [0.2, 0.25) is 0 Å². The van der Waals surface area contributed by atoms with E-state index in [4.69, 9.17) is 0 Å². The number of aryl methyl sites for hydroxylation is 3. The average molecular weight is 272 g/mol. The van der Waals surface area contributed by atoms with Crippen molar-refractivity contribution in [3.05, 3.63) is 45.5 Å². The monoisotopic (exact) mass is 272 g/mol. The smallest absolute Gasteiger partial charge is 0.152 e. The number of hydrogen-bond acceptors (Lipinski definition) is 4. The Bertz CT molecular complexity index is 707. The first-order valence-corrected chi connectivity index (χ1v) is 7.06. The van der Waals surface area contributed by atoms with Gasteiger partial charge in [0.15, 0.2) is 5.82 Å². The van der Waals surface area contributed by atoms with E-state index < -0.39 is 0 Å². The molecule has 0 amide bonds. The van der Waals surface area contributed by atoms with Crippen LogP contribution in [0.1, 0.15) is 21.0 Å². The molecule has 0 radical (unpaired) electrons. The van der Waals surface area contributed by atoms with Crippen LogP contribution in [-0.4, -0.2) is 14.6 Å². The molecule has 0 aliphatic heterocycles. The van der Waals surface area contributed by atoms with Crippen molar-refractivity contribution >= 4 is 22.7 Å². The summed E-state index contributed by atoms with van der Waals surface area (Å²) in [6, 6.07) is 4.27. The second kappa shape index (κ2) is 4.66. The molecule has 98 valence electrons. The number of rotatable bonds is 3. The van der Waals surface area contributed by atoms with Crippen molar-refractivity contribution in [1.29, 1.82) is 0 Å². The predicted octanol–water partition coefficient (Wildman–Crippen LogP) is 3.33. The van der Waals surface area contributed by atoms with Crippen LogP contribution in [-0.2, 0) is 6.54 Å². The van der Waals surface area contributed by atoms with Crippen LogP contribution in [0, 0.1) is 20.8 Å². The van der Waals surface area contributed by atoms with Crippen molar-refractivity contribution in [2.24, 2.45) is 0 Å². The van der Waals surface area contributed by atoms with E-state index in [1.54, 1.807) is 6.20 Å². The van der Waals surface area contributed by atoms with Gasteiger partial charge in [0.05, 0.1) is 12.2 Å². The maximum absolute atomic E-state index is 4.40. The van der Waals surface area contributed by atoms with Gasteiger partial charge in [-0.25, -0.2) is 9.50 Å². The standard InChI is InChI=1S/C14H16N4S/c1-9-6-12(19-11(9)3)8-16-14-13-7-10(2)17-18(13)5-4-15-14/h4-7H,8H2,1-3H3,(H,15,16). The minimum absolute atomic E-state index is 0.802. The molecule has 19 heavy (non-hydrogen) atoms. The lowest BCUT2D eigenvalue weighted by Crippen LogP contribution is -2.02. The highest BCUT2D eigenvalue weighted by molar-refractivity contribution is 7.12.